The van der Waals surface area contributed by atoms with Gasteiger partial charge in [0, 0.05) is 15.2 Å². The molecule has 0 unspecified atom stereocenters. The first kappa shape index (κ1) is 16.6. The van der Waals surface area contributed by atoms with E-state index in [1.807, 2.05) is 25.1 Å². The third-order valence-corrected chi connectivity index (χ3v) is 3.79. The molecule has 0 bridgehead atoms. The van der Waals surface area contributed by atoms with Crippen LogP contribution in [-0.4, -0.2) is 19.6 Å². The maximum absolute atomic E-state index is 12.0. The molecule has 0 radical (unpaired) electrons. The maximum atomic E-state index is 12.0. The molecule has 2 rings (SSSR count). The van der Waals surface area contributed by atoms with E-state index in [2.05, 4.69) is 26.6 Å². The van der Waals surface area contributed by atoms with Crippen molar-refractivity contribution in [2.45, 2.75) is 6.92 Å². The van der Waals surface area contributed by atoms with Crippen molar-refractivity contribution in [3.05, 3.63) is 51.5 Å². The van der Waals surface area contributed by atoms with E-state index in [0.717, 1.165) is 15.7 Å². The summed E-state index contributed by atoms with van der Waals surface area (Å²) in [4.78, 5) is 12.0. The molecular weight excluding hydrogens is 368 g/mol. The standard InChI is InChI=1S/C16H16BrClN2O2/c1-10-7-11(17)3-5-13(10)20-16(21)9-19-14-8-12(18)4-6-15(14)22-2/h3-8,19H,9H2,1-2H3,(H,20,21). The smallest absolute Gasteiger partial charge is 0.243 e. The molecule has 0 aromatic heterocycles. The average molecular weight is 384 g/mol. The number of rotatable bonds is 5. The van der Waals surface area contributed by atoms with Crippen LogP contribution in [0.5, 0.6) is 5.75 Å². The molecule has 0 aliphatic carbocycles. The second kappa shape index (κ2) is 7.51. The lowest BCUT2D eigenvalue weighted by Crippen LogP contribution is -2.22. The van der Waals surface area contributed by atoms with Crippen molar-refractivity contribution in [1.82, 2.24) is 0 Å². The molecule has 22 heavy (non-hydrogen) atoms. The second-order valence-corrected chi connectivity index (χ2v) is 6.06. The Morgan fingerprint density at radius 2 is 2.00 bits per heavy atom. The minimum atomic E-state index is -0.146. The quantitative estimate of drug-likeness (QED) is 0.801. The number of carbonyl (C=O) groups is 1. The summed E-state index contributed by atoms with van der Waals surface area (Å²) in [6.07, 6.45) is 0. The van der Waals surface area contributed by atoms with Crippen LogP contribution in [0.1, 0.15) is 5.56 Å². The Hall–Kier alpha value is -1.72. The molecule has 2 aromatic rings. The molecular formula is C16H16BrClN2O2. The third-order valence-electron chi connectivity index (χ3n) is 3.06. The van der Waals surface area contributed by atoms with Gasteiger partial charge >= 0.3 is 0 Å². The van der Waals surface area contributed by atoms with Gasteiger partial charge in [-0.2, -0.15) is 0 Å². The van der Waals surface area contributed by atoms with Gasteiger partial charge in [-0.25, -0.2) is 0 Å². The highest BCUT2D eigenvalue weighted by atomic mass is 79.9. The molecule has 0 fully saturated rings. The molecule has 0 saturated heterocycles. The molecule has 2 aromatic carbocycles. The van der Waals surface area contributed by atoms with Crippen LogP contribution in [-0.2, 0) is 4.79 Å². The predicted octanol–water partition coefficient (Wildman–Crippen LogP) is 4.47. The zero-order valence-corrected chi connectivity index (χ0v) is 14.6. The molecule has 0 aliphatic heterocycles. The molecule has 0 heterocycles. The Kier molecular flexibility index (Phi) is 5.69. The van der Waals surface area contributed by atoms with E-state index < -0.39 is 0 Å². The van der Waals surface area contributed by atoms with E-state index in [-0.39, 0.29) is 12.5 Å². The predicted molar refractivity (Wildman–Crippen MR) is 94.0 cm³/mol. The molecule has 0 spiro atoms. The number of nitrogens with one attached hydrogen (secondary N) is 2. The summed E-state index contributed by atoms with van der Waals surface area (Å²) in [7, 11) is 1.57. The van der Waals surface area contributed by atoms with Gasteiger partial charge in [-0.1, -0.05) is 27.5 Å². The molecule has 2 N–H and O–H groups in total. The van der Waals surface area contributed by atoms with Crippen molar-refractivity contribution in [2.75, 3.05) is 24.3 Å². The lowest BCUT2D eigenvalue weighted by atomic mass is 10.2. The van der Waals surface area contributed by atoms with Gasteiger partial charge in [0.1, 0.15) is 5.75 Å². The maximum Gasteiger partial charge on any atom is 0.243 e. The Bertz CT molecular complexity index is 692. The van der Waals surface area contributed by atoms with Crippen LogP contribution in [0.25, 0.3) is 0 Å². The van der Waals surface area contributed by atoms with Crippen LogP contribution in [0.2, 0.25) is 5.02 Å². The number of carbonyl (C=O) groups excluding carboxylic acids is 1. The monoisotopic (exact) mass is 382 g/mol. The van der Waals surface area contributed by atoms with E-state index in [1.165, 1.54) is 0 Å². The highest BCUT2D eigenvalue weighted by Crippen LogP contribution is 2.27. The minimum Gasteiger partial charge on any atom is -0.495 e. The van der Waals surface area contributed by atoms with Crippen LogP contribution >= 0.6 is 27.5 Å². The van der Waals surface area contributed by atoms with Crippen molar-refractivity contribution in [3.8, 4) is 5.75 Å². The van der Waals surface area contributed by atoms with E-state index >= 15 is 0 Å². The number of amides is 1. The van der Waals surface area contributed by atoms with E-state index in [9.17, 15) is 4.79 Å². The molecule has 0 saturated carbocycles. The van der Waals surface area contributed by atoms with Crippen LogP contribution in [0.3, 0.4) is 0 Å². The Balaban J connectivity index is 2.00. The zero-order valence-electron chi connectivity index (χ0n) is 12.2. The first-order chi connectivity index (χ1) is 10.5. The molecule has 4 nitrogen and oxygen atoms in total. The van der Waals surface area contributed by atoms with Crippen LogP contribution in [0.15, 0.2) is 40.9 Å². The fourth-order valence-corrected chi connectivity index (χ4v) is 2.60. The summed E-state index contributed by atoms with van der Waals surface area (Å²) in [6.45, 7) is 2.06. The number of anilines is 2. The van der Waals surface area contributed by atoms with Crippen molar-refractivity contribution in [1.29, 1.82) is 0 Å². The normalized spacial score (nSPS) is 10.2. The zero-order chi connectivity index (χ0) is 16.1. The first-order valence-electron chi connectivity index (χ1n) is 6.63. The molecule has 116 valence electrons. The molecule has 0 atom stereocenters. The lowest BCUT2D eigenvalue weighted by Gasteiger charge is -2.12. The molecule has 6 heteroatoms. The fourth-order valence-electron chi connectivity index (χ4n) is 1.96. The van der Waals surface area contributed by atoms with E-state index in [4.69, 9.17) is 16.3 Å². The summed E-state index contributed by atoms with van der Waals surface area (Å²) in [5.74, 6) is 0.490. The largest absolute Gasteiger partial charge is 0.495 e. The Morgan fingerprint density at radius 3 is 2.68 bits per heavy atom. The number of ether oxygens (including phenoxy) is 1. The van der Waals surface area contributed by atoms with Crippen LogP contribution in [0.4, 0.5) is 11.4 Å². The van der Waals surface area contributed by atoms with Gasteiger partial charge in [-0.15, -0.1) is 0 Å². The van der Waals surface area contributed by atoms with E-state index in [1.54, 1.807) is 25.3 Å². The van der Waals surface area contributed by atoms with Crippen LogP contribution < -0.4 is 15.4 Å². The number of benzene rings is 2. The fraction of sp³-hybridized carbons (Fsp3) is 0.188. The number of aryl methyl sites for hydroxylation is 1. The Labute approximate surface area is 142 Å². The third kappa shape index (κ3) is 4.39. The van der Waals surface area contributed by atoms with Gasteiger partial charge in [0.25, 0.3) is 0 Å². The molecule has 1 amide bonds. The van der Waals surface area contributed by atoms with Gasteiger partial charge in [0.15, 0.2) is 0 Å². The highest BCUT2D eigenvalue weighted by Gasteiger charge is 2.08. The minimum absolute atomic E-state index is 0.117. The average Bonchev–Trinajstić information content (AvgIpc) is 2.48. The lowest BCUT2D eigenvalue weighted by molar-refractivity contribution is -0.114. The topological polar surface area (TPSA) is 50.4 Å². The van der Waals surface area contributed by atoms with Crippen molar-refractivity contribution in [2.24, 2.45) is 0 Å². The first-order valence-corrected chi connectivity index (χ1v) is 7.80. The number of hydrogen-bond donors (Lipinski definition) is 2. The van der Waals surface area contributed by atoms with Gasteiger partial charge in [-0.3, -0.25) is 4.79 Å². The number of hydrogen-bond acceptors (Lipinski definition) is 3. The summed E-state index contributed by atoms with van der Waals surface area (Å²) in [6, 6.07) is 10.9. The van der Waals surface area contributed by atoms with E-state index in [0.29, 0.717) is 16.5 Å². The number of methoxy groups -OCH3 is 1. The summed E-state index contributed by atoms with van der Waals surface area (Å²) >= 11 is 9.35. The second-order valence-electron chi connectivity index (χ2n) is 4.71. The van der Waals surface area contributed by atoms with Gasteiger partial charge < -0.3 is 15.4 Å². The number of halogens is 2. The van der Waals surface area contributed by atoms with Crippen LogP contribution in [0, 0.1) is 6.92 Å². The van der Waals surface area contributed by atoms with Crippen molar-refractivity contribution < 1.29 is 9.53 Å². The summed E-state index contributed by atoms with van der Waals surface area (Å²) in [5.41, 5.74) is 2.45. The molecule has 0 aliphatic rings. The van der Waals surface area contributed by atoms with Crippen molar-refractivity contribution in [3.63, 3.8) is 0 Å². The van der Waals surface area contributed by atoms with Gasteiger partial charge in [0.2, 0.25) is 5.91 Å². The van der Waals surface area contributed by atoms with Gasteiger partial charge in [0.05, 0.1) is 19.3 Å². The summed E-state index contributed by atoms with van der Waals surface area (Å²) in [5, 5.41) is 6.47. The van der Waals surface area contributed by atoms with Gasteiger partial charge in [-0.05, 0) is 48.9 Å². The van der Waals surface area contributed by atoms with Crippen molar-refractivity contribution >= 4 is 44.8 Å². The highest BCUT2D eigenvalue weighted by molar-refractivity contribution is 9.10. The Morgan fingerprint density at radius 1 is 1.23 bits per heavy atom. The summed E-state index contributed by atoms with van der Waals surface area (Å²) < 4.78 is 6.20. The SMILES string of the molecule is COc1ccc(Cl)cc1NCC(=O)Nc1ccc(Br)cc1C.